The van der Waals surface area contributed by atoms with E-state index in [1.807, 2.05) is 42.2 Å². The van der Waals surface area contributed by atoms with Crippen molar-refractivity contribution in [2.75, 3.05) is 11.9 Å². The molecule has 0 saturated carbocycles. The number of aromatic nitrogens is 2. The number of carbonyl (C=O) groups is 1. The fourth-order valence-electron chi connectivity index (χ4n) is 2.62. The molecule has 2 aromatic heterocycles. The van der Waals surface area contributed by atoms with Crippen molar-refractivity contribution < 1.29 is 13.6 Å². The number of carbonyl (C=O) groups excluding carboxylic acids is 1. The number of furan rings is 1. The maximum absolute atomic E-state index is 12.6. The average Bonchev–Trinajstić information content (AvgIpc) is 3.33. The zero-order valence-electron chi connectivity index (χ0n) is 14.9. The summed E-state index contributed by atoms with van der Waals surface area (Å²) < 4.78 is 10.9. The smallest absolute Gasteiger partial charge is 0.283 e. The van der Waals surface area contributed by atoms with Gasteiger partial charge in [-0.2, -0.15) is 0 Å². The summed E-state index contributed by atoms with van der Waals surface area (Å²) in [6.45, 7) is 5.07. The van der Waals surface area contributed by atoms with Crippen LogP contribution in [0.5, 0.6) is 0 Å². The Labute approximate surface area is 152 Å². The molecule has 1 amide bonds. The second-order valence-electron chi connectivity index (χ2n) is 5.98. The summed E-state index contributed by atoms with van der Waals surface area (Å²) in [5.41, 5.74) is 0.777. The van der Waals surface area contributed by atoms with Crippen molar-refractivity contribution >= 4 is 11.6 Å². The molecule has 0 saturated heterocycles. The molecule has 0 aliphatic carbocycles. The van der Waals surface area contributed by atoms with Gasteiger partial charge >= 0.3 is 0 Å². The number of nitrogens with one attached hydrogen (secondary N) is 1. The van der Waals surface area contributed by atoms with E-state index in [1.165, 1.54) is 0 Å². The van der Waals surface area contributed by atoms with E-state index >= 15 is 0 Å². The molecule has 3 rings (SSSR count). The molecule has 0 unspecified atom stereocenters. The Hall–Kier alpha value is -2.93. The first-order valence-corrected chi connectivity index (χ1v) is 8.63. The average molecular weight is 354 g/mol. The van der Waals surface area contributed by atoms with Gasteiger partial charge in [0, 0.05) is 5.69 Å². The monoisotopic (exact) mass is 354 g/mol. The van der Waals surface area contributed by atoms with Crippen LogP contribution < -0.4 is 5.32 Å². The summed E-state index contributed by atoms with van der Waals surface area (Å²) in [6, 6.07) is 12.6. The van der Waals surface area contributed by atoms with Crippen molar-refractivity contribution in [3.05, 3.63) is 54.6 Å². The molecule has 1 atom stereocenters. The molecular formula is C19H22N4O3. The maximum atomic E-state index is 12.6. The zero-order chi connectivity index (χ0) is 18.4. The first-order valence-electron chi connectivity index (χ1n) is 8.63. The third kappa shape index (κ3) is 4.37. The fraction of sp³-hybridized carbons (Fsp3) is 0.316. The lowest BCUT2D eigenvalue weighted by atomic mass is 10.2. The third-order valence-corrected chi connectivity index (χ3v) is 4.02. The number of hydrogen-bond donors (Lipinski definition) is 1. The Bertz CT molecular complexity index is 814. The van der Waals surface area contributed by atoms with E-state index in [4.69, 9.17) is 8.83 Å². The maximum Gasteiger partial charge on any atom is 0.283 e. The summed E-state index contributed by atoms with van der Waals surface area (Å²) in [5, 5.41) is 11.0. The van der Waals surface area contributed by atoms with Crippen molar-refractivity contribution in [1.29, 1.82) is 0 Å². The Balaban J connectivity index is 1.67. The highest BCUT2D eigenvalue weighted by Crippen LogP contribution is 2.19. The Kier molecular flexibility index (Phi) is 5.80. The minimum absolute atomic E-state index is 0.0737. The van der Waals surface area contributed by atoms with Gasteiger partial charge in [0.25, 0.3) is 5.89 Å². The van der Waals surface area contributed by atoms with Crippen LogP contribution >= 0.6 is 0 Å². The van der Waals surface area contributed by atoms with Crippen LogP contribution in [0.15, 0.2) is 57.6 Å². The van der Waals surface area contributed by atoms with Crippen molar-refractivity contribution in [2.45, 2.75) is 32.9 Å². The second-order valence-corrected chi connectivity index (χ2v) is 5.98. The Morgan fingerprint density at radius 1 is 1.19 bits per heavy atom. The van der Waals surface area contributed by atoms with Gasteiger partial charge in [0.15, 0.2) is 5.76 Å². The van der Waals surface area contributed by atoms with Gasteiger partial charge in [-0.3, -0.25) is 9.69 Å². The molecule has 2 heterocycles. The molecule has 0 aliphatic heterocycles. The van der Waals surface area contributed by atoms with Gasteiger partial charge in [-0.25, -0.2) is 0 Å². The molecule has 0 spiro atoms. The van der Waals surface area contributed by atoms with E-state index in [-0.39, 0.29) is 11.9 Å². The minimum Gasteiger partial charge on any atom is -0.459 e. The van der Waals surface area contributed by atoms with Gasteiger partial charge in [-0.15, -0.1) is 10.2 Å². The molecule has 1 N–H and O–H groups in total. The number of rotatable bonds is 8. The van der Waals surface area contributed by atoms with E-state index in [9.17, 15) is 4.79 Å². The van der Waals surface area contributed by atoms with Gasteiger partial charge in [0.2, 0.25) is 11.8 Å². The third-order valence-electron chi connectivity index (χ3n) is 4.02. The van der Waals surface area contributed by atoms with Crippen LogP contribution in [0.25, 0.3) is 11.7 Å². The van der Waals surface area contributed by atoms with Crippen molar-refractivity contribution in [3.63, 3.8) is 0 Å². The topological polar surface area (TPSA) is 84.4 Å². The Morgan fingerprint density at radius 2 is 2.00 bits per heavy atom. The van der Waals surface area contributed by atoms with E-state index in [1.54, 1.807) is 18.4 Å². The van der Waals surface area contributed by atoms with E-state index < -0.39 is 0 Å². The quantitative estimate of drug-likeness (QED) is 0.666. The SMILES string of the molecule is CCCN(Cc1nnc(-c2ccco2)o1)[C@H](C)C(=O)Nc1ccccc1. The van der Waals surface area contributed by atoms with Crippen molar-refractivity contribution in [3.8, 4) is 11.7 Å². The van der Waals surface area contributed by atoms with Crippen LogP contribution in [0.1, 0.15) is 26.2 Å². The van der Waals surface area contributed by atoms with Crippen LogP contribution in [0, 0.1) is 0 Å². The van der Waals surface area contributed by atoms with Gasteiger partial charge in [-0.05, 0) is 44.2 Å². The molecule has 1 aromatic carbocycles. The number of amides is 1. The lowest BCUT2D eigenvalue weighted by molar-refractivity contribution is -0.121. The predicted molar refractivity (Wildman–Crippen MR) is 97.2 cm³/mol. The molecule has 0 fully saturated rings. The standard InChI is InChI=1S/C19H22N4O3/c1-3-11-23(14(2)18(24)20-15-8-5-4-6-9-15)13-17-21-22-19(26-17)16-10-7-12-25-16/h4-10,12,14H,3,11,13H2,1-2H3,(H,20,24)/t14-/m1/s1. The Morgan fingerprint density at radius 3 is 2.69 bits per heavy atom. The number of benzene rings is 1. The number of anilines is 1. The highest BCUT2D eigenvalue weighted by molar-refractivity contribution is 5.94. The van der Waals surface area contributed by atoms with Gasteiger partial charge in [0.1, 0.15) is 0 Å². The van der Waals surface area contributed by atoms with Crippen LogP contribution in [-0.2, 0) is 11.3 Å². The van der Waals surface area contributed by atoms with Crippen LogP contribution in [0.4, 0.5) is 5.69 Å². The van der Waals surface area contributed by atoms with Crippen molar-refractivity contribution in [2.24, 2.45) is 0 Å². The number of hydrogen-bond acceptors (Lipinski definition) is 6. The first-order chi connectivity index (χ1) is 12.7. The summed E-state index contributed by atoms with van der Waals surface area (Å²) in [6.07, 6.45) is 2.46. The van der Waals surface area contributed by atoms with Crippen molar-refractivity contribution in [1.82, 2.24) is 15.1 Å². The van der Waals surface area contributed by atoms with Crippen LogP contribution in [-0.4, -0.2) is 33.6 Å². The van der Waals surface area contributed by atoms with Crippen LogP contribution in [0.3, 0.4) is 0 Å². The summed E-state index contributed by atoms with van der Waals surface area (Å²) in [4.78, 5) is 14.6. The normalized spacial score (nSPS) is 12.3. The molecular weight excluding hydrogens is 332 g/mol. The fourth-order valence-corrected chi connectivity index (χ4v) is 2.62. The van der Waals surface area contributed by atoms with E-state index in [0.29, 0.717) is 24.1 Å². The summed E-state index contributed by atoms with van der Waals surface area (Å²) >= 11 is 0. The number of nitrogens with zero attached hydrogens (tertiary/aromatic N) is 3. The minimum atomic E-state index is -0.339. The molecule has 3 aromatic rings. The van der Waals surface area contributed by atoms with Gasteiger partial charge in [0.05, 0.1) is 18.8 Å². The molecule has 7 nitrogen and oxygen atoms in total. The van der Waals surface area contributed by atoms with Gasteiger partial charge in [-0.1, -0.05) is 25.1 Å². The lowest BCUT2D eigenvalue weighted by Gasteiger charge is -2.26. The largest absolute Gasteiger partial charge is 0.459 e. The zero-order valence-corrected chi connectivity index (χ0v) is 14.9. The van der Waals surface area contributed by atoms with Gasteiger partial charge < -0.3 is 14.2 Å². The molecule has 0 aliphatic rings. The second kappa shape index (κ2) is 8.44. The van der Waals surface area contributed by atoms with E-state index in [0.717, 1.165) is 18.7 Å². The number of para-hydroxylation sites is 1. The highest BCUT2D eigenvalue weighted by atomic mass is 16.4. The summed E-state index contributed by atoms with van der Waals surface area (Å²) in [7, 11) is 0. The highest BCUT2D eigenvalue weighted by Gasteiger charge is 2.23. The molecule has 26 heavy (non-hydrogen) atoms. The van der Waals surface area contributed by atoms with Crippen LogP contribution in [0.2, 0.25) is 0 Å². The molecule has 136 valence electrons. The first kappa shape index (κ1) is 17.9. The molecule has 7 heteroatoms. The molecule has 0 radical (unpaired) electrons. The summed E-state index contributed by atoms with van der Waals surface area (Å²) in [5.74, 6) is 1.24. The predicted octanol–water partition coefficient (Wildman–Crippen LogP) is 3.57. The van der Waals surface area contributed by atoms with E-state index in [2.05, 4.69) is 22.4 Å². The molecule has 0 bridgehead atoms. The lowest BCUT2D eigenvalue weighted by Crippen LogP contribution is -2.42.